The molecule has 1 aliphatic heterocycles. The number of hydrogen-bond acceptors (Lipinski definition) is 5. The van der Waals surface area contributed by atoms with Gasteiger partial charge >= 0.3 is 16.2 Å². The first-order chi connectivity index (χ1) is 12.3. The number of amides is 2. The summed E-state index contributed by atoms with van der Waals surface area (Å²) in [5.74, 6) is 0.228. The summed E-state index contributed by atoms with van der Waals surface area (Å²) in [6.45, 7) is 3.57. The molecule has 0 bridgehead atoms. The maximum Gasteiger partial charge on any atom is 0.319 e. The number of rotatable bonds is 6. The van der Waals surface area contributed by atoms with E-state index in [2.05, 4.69) is 20.3 Å². The van der Waals surface area contributed by atoms with Gasteiger partial charge in [-0.25, -0.2) is 4.79 Å². The summed E-state index contributed by atoms with van der Waals surface area (Å²) in [7, 11) is 1.31. The maximum absolute atomic E-state index is 12.1. The summed E-state index contributed by atoms with van der Waals surface area (Å²) < 4.78 is 32.8. The molecule has 0 aromatic heterocycles. The summed E-state index contributed by atoms with van der Waals surface area (Å²) in [5, 5.41) is 5.54. The van der Waals surface area contributed by atoms with E-state index in [1.807, 2.05) is 7.05 Å². The van der Waals surface area contributed by atoms with Crippen molar-refractivity contribution in [2.24, 2.45) is 5.92 Å². The Morgan fingerprint density at radius 3 is 2.81 bits per heavy atom. The third-order valence-corrected chi connectivity index (χ3v) is 5.40. The maximum atomic E-state index is 12.1. The average molecular weight is 385 g/mol. The van der Waals surface area contributed by atoms with Crippen molar-refractivity contribution in [1.82, 2.24) is 14.5 Å². The molecular formula is C16H27N5O4S. The Balaban J connectivity index is 1.88. The summed E-state index contributed by atoms with van der Waals surface area (Å²) in [6, 6.07) is 6.18. The minimum Gasteiger partial charge on any atom is -0.380 e. The Morgan fingerprint density at radius 2 is 2.08 bits per heavy atom. The first-order valence-electron chi connectivity index (χ1n) is 8.38. The van der Waals surface area contributed by atoms with Gasteiger partial charge in [-0.3, -0.25) is 4.72 Å². The van der Waals surface area contributed by atoms with Crippen LogP contribution in [-0.2, 0) is 14.9 Å². The monoisotopic (exact) mass is 385 g/mol. The second-order valence-electron chi connectivity index (χ2n) is 6.51. The molecule has 3 N–H and O–H groups in total. The van der Waals surface area contributed by atoms with Crippen molar-refractivity contribution in [2.45, 2.75) is 0 Å². The molecule has 1 heterocycles. The Labute approximate surface area is 154 Å². The fourth-order valence-corrected chi connectivity index (χ4v) is 3.10. The number of carbonyl (C=O) groups excluding carboxylic acids is 1. The topological polar surface area (TPSA) is 103 Å². The molecule has 10 heteroatoms. The molecule has 2 rings (SSSR count). The van der Waals surface area contributed by atoms with Crippen molar-refractivity contribution in [3.63, 3.8) is 0 Å². The van der Waals surface area contributed by atoms with E-state index in [9.17, 15) is 13.2 Å². The van der Waals surface area contributed by atoms with Crippen molar-refractivity contribution in [3.05, 3.63) is 24.3 Å². The van der Waals surface area contributed by atoms with Crippen molar-refractivity contribution >= 4 is 27.6 Å². The predicted octanol–water partition coefficient (Wildman–Crippen LogP) is 0.605. The Bertz CT molecular complexity index is 710. The molecule has 0 unspecified atom stereocenters. The van der Waals surface area contributed by atoms with Crippen molar-refractivity contribution in [3.8, 4) is 0 Å². The predicted molar refractivity (Wildman–Crippen MR) is 101 cm³/mol. The molecule has 0 aliphatic carbocycles. The first kappa shape index (κ1) is 20.4. The highest BCUT2D eigenvalue weighted by molar-refractivity contribution is 7.90. The average Bonchev–Trinajstić information content (AvgIpc) is 2.77. The normalized spacial score (nSPS) is 19.0. The van der Waals surface area contributed by atoms with Crippen LogP contribution < -0.4 is 15.4 Å². The minimum atomic E-state index is -3.59. The van der Waals surface area contributed by atoms with Crippen LogP contribution in [0.1, 0.15) is 0 Å². The summed E-state index contributed by atoms with van der Waals surface area (Å²) in [5.41, 5.74) is 0.867. The first-order valence-corrected chi connectivity index (χ1v) is 9.82. The highest BCUT2D eigenvalue weighted by atomic mass is 32.2. The van der Waals surface area contributed by atoms with Crippen molar-refractivity contribution < 1.29 is 17.9 Å². The van der Waals surface area contributed by atoms with Crippen LogP contribution in [-0.4, -0.2) is 77.6 Å². The third kappa shape index (κ3) is 6.45. The second-order valence-corrected chi connectivity index (χ2v) is 8.39. The fraction of sp³-hybridized carbons (Fsp3) is 0.562. The Hall–Kier alpha value is -1.88. The van der Waals surface area contributed by atoms with Crippen LogP contribution >= 0.6 is 0 Å². The summed E-state index contributed by atoms with van der Waals surface area (Å²) in [4.78, 5) is 14.3. The molecule has 0 radical (unpaired) electrons. The summed E-state index contributed by atoms with van der Waals surface area (Å²) in [6.07, 6.45) is 0. The number of nitrogens with zero attached hydrogens (tertiary/aromatic N) is 2. The van der Waals surface area contributed by atoms with Gasteiger partial charge in [-0.15, -0.1) is 0 Å². The number of hydrogen-bond donors (Lipinski definition) is 3. The molecule has 9 nitrogen and oxygen atoms in total. The molecular weight excluding hydrogens is 358 g/mol. The van der Waals surface area contributed by atoms with Crippen LogP contribution in [0.25, 0.3) is 0 Å². The molecule has 2 amide bonds. The van der Waals surface area contributed by atoms with Crippen LogP contribution in [0.15, 0.2) is 24.3 Å². The van der Waals surface area contributed by atoms with Gasteiger partial charge in [0.1, 0.15) is 0 Å². The summed E-state index contributed by atoms with van der Waals surface area (Å²) >= 11 is 0. The van der Waals surface area contributed by atoms with Crippen molar-refractivity contribution in [2.75, 3.05) is 64.0 Å². The highest BCUT2D eigenvalue weighted by Crippen LogP contribution is 2.16. The van der Waals surface area contributed by atoms with E-state index >= 15 is 0 Å². The van der Waals surface area contributed by atoms with Gasteiger partial charge in [0.2, 0.25) is 0 Å². The molecule has 1 aliphatic rings. The van der Waals surface area contributed by atoms with Gasteiger partial charge in [-0.1, -0.05) is 6.07 Å². The lowest BCUT2D eigenvalue weighted by molar-refractivity contribution is 0.122. The molecule has 1 saturated heterocycles. The quantitative estimate of drug-likeness (QED) is 0.666. The van der Waals surface area contributed by atoms with Crippen LogP contribution in [0.2, 0.25) is 0 Å². The smallest absolute Gasteiger partial charge is 0.319 e. The number of ether oxygens (including phenoxy) is 1. The molecule has 1 atom stereocenters. The number of benzene rings is 1. The van der Waals surface area contributed by atoms with E-state index in [1.54, 1.807) is 24.3 Å². The van der Waals surface area contributed by atoms with E-state index in [1.165, 1.54) is 14.1 Å². The number of urea groups is 1. The largest absolute Gasteiger partial charge is 0.380 e. The SMILES string of the molecule is CN1CCOC[C@H](CNC(=O)Nc2cccc(NS(=O)(=O)N(C)C)c2)C1. The zero-order valence-electron chi connectivity index (χ0n) is 15.4. The number of likely N-dealkylation sites (N-methyl/N-ethyl adjacent to an activating group) is 1. The lowest BCUT2D eigenvalue weighted by atomic mass is 10.1. The van der Waals surface area contributed by atoms with E-state index in [0.29, 0.717) is 31.1 Å². The number of nitrogens with one attached hydrogen (secondary N) is 3. The molecule has 1 fully saturated rings. The lowest BCUT2D eigenvalue weighted by Gasteiger charge is -2.19. The zero-order valence-corrected chi connectivity index (χ0v) is 16.2. The lowest BCUT2D eigenvalue weighted by Crippen LogP contribution is -2.37. The van der Waals surface area contributed by atoms with E-state index in [0.717, 1.165) is 17.4 Å². The number of anilines is 2. The minimum absolute atomic E-state index is 0.228. The highest BCUT2D eigenvalue weighted by Gasteiger charge is 2.17. The number of carbonyl (C=O) groups is 1. The zero-order chi connectivity index (χ0) is 19.2. The van der Waals surface area contributed by atoms with Gasteiger partial charge in [-0.2, -0.15) is 12.7 Å². The van der Waals surface area contributed by atoms with Gasteiger partial charge in [0.15, 0.2) is 0 Å². The molecule has 146 valence electrons. The third-order valence-electron chi connectivity index (χ3n) is 3.94. The van der Waals surface area contributed by atoms with Gasteiger partial charge < -0.3 is 20.3 Å². The van der Waals surface area contributed by atoms with Crippen LogP contribution in [0.3, 0.4) is 0 Å². The Kier molecular flexibility index (Phi) is 7.21. The van der Waals surface area contributed by atoms with Gasteiger partial charge in [0, 0.05) is 45.3 Å². The standard InChI is InChI=1S/C16H27N5O4S/c1-20(2)26(23,24)19-15-6-4-5-14(9-15)18-16(22)17-10-13-11-21(3)7-8-25-12-13/h4-6,9,13,19H,7-8,10-12H2,1-3H3,(H2,17,18,22)/t13-/m1/s1. The fourth-order valence-electron chi connectivity index (χ4n) is 2.49. The molecule has 1 aromatic carbocycles. The molecule has 0 saturated carbocycles. The van der Waals surface area contributed by atoms with E-state index in [-0.39, 0.29) is 11.9 Å². The Morgan fingerprint density at radius 1 is 1.35 bits per heavy atom. The second kappa shape index (κ2) is 9.17. The van der Waals surface area contributed by atoms with E-state index < -0.39 is 10.2 Å². The molecule has 26 heavy (non-hydrogen) atoms. The van der Waals surface area contributed by atoms with Crippen molar-refractivity contribution in [1.29, 1.82) is 0 Å². The van der Waals surface area contributed by atoms with Crippen LogP contribution in [0.4, 0.5) is 16.2 Å². The van der Waals surface area contributed by atoms with Gasteiger partial charge in [0.05, 0.1) is 18.9 Å². The van der Waals surface area contributed by atoms with E-state index in [4.69, 9.17) is 4.74 Å². The van der Waals surface area contributed by atoms with Crippen LogP contribution in [0, 0.1) is 5.92 Å². The molecule has 1 aromatic rings. The van der Waals surface area contributed by atoms with Gasteiger partial charge in [0.25, 0.3) is 0 Å². The van der Waals surface area contributed by atoms with Crippen LogP contribution in [0.5, 0.6) is 0 Å². The molecule has 0 spiro atoms. The van der Waals surface area contributed by atoms with Gasteiger partial charge in [-0.05, 0) is 25.2 Å².